The van der Waals surface area contributed by atoms with Crippen LogP contribution in [0.3, 0.4) is 0 Å². The number of para-hydroxylation sites is 1. The summed E-state index contributed by atoms with van der Waals surface area (Å²) >= 11 is 0. The molecule has 0 bridgehead atoms. The quantitative estimate of drug-likeness (QED) is 0.568. The lowest BCUT2D eigenvalue weighted by Crippen LogP contribution is -2.58. The fourth-order valence-electron chi connectivity index (χ4n) is 4.60. The van der Waals surface area contributed by atoms with Crippen molar-refractivity contribution in [2.24, 2.45) is 0 Å². The minimum absolute atomic E-state index is 0.0841. The number of anilines is 1. The number of aliphatic hydroxyl groups is 1. The van der Waals surface area contributed by atoms with Crippen LogP contribution in [0.4, 0.5) is 5.82 Å². The molecule has 1 saturated heterocycles. The number of furan rings is 1. The third-order valence-corrected chi connectivity index (χ3v) is 6.67. The van der Waals surface area contributed by atoms with Crippen LogP contribution in [0, 0.1) is 6.92 Å². The summed E-state index contributed by atoms with van der Waals surface area (Å²) in [5.74, 6) is 1.12. The molecule has 1 unspecified atom stereocenters. The van der Waals surface area contributed by atoms with Gasteiger partial charge in [0.15, 0.2) is 0 Å². The summed E-state index contributed by atoms with van der Waals surface area (Å²) in [6, 6.07) is 9.56. The number of nitrogens with one attached hydrogen (secondary N) is 1. The van der Waals surface area contributed by atoms with Gasteiger partial charge in [-0.05, 0) is 49.1 Å². The zero-order valence-corrected chi connectivity index (χ0v) is 19.3. The van der Waals surface area contributed by atoms with Crippen LogP contribution in [0.25, 0.3) is 17.0 Å². The van der Waals surface area contributed by atoms with Gasteiger partial charge in [0.25, 0.3) is 0 Å². The molecular formula is C26H28N4O4. The highest BCUT2D eigenvalue weighted by atomic mass is 16.3. The van der Waals surface area contributed by atoms with Gasteiger partial charge in [0.05, 0.1) is 18.7 Å². The van der Waals surface area contributed by atoms with E-state index in [9.17, 15) is 14.7 Å². The lowest BCUT2D eigenvalue weighted by atomic mass is 10.0. The number of carbonyl (C=O) groups excluding carboxylic acids is 2. The molecule has 176 valence electrons. The Morgan fingerprint density at radius 1 is 1.35 bits per heavy atom. The minimum atomic E-state index is -0.347. The van der Waals surface area contributed by atoms with Crippen LogP contribution in [-0.2, 0) is 22.6 Å². The van der Waals surface area contributed by atoms with Crippen molar-refractivity contribution in [2.45, 2.75) is 38.5 Å². The molecule has 1 atom stereocenters. The molecule has 0 saturated carbocycles. The van der Waals surface area contributed by atoms with Gasteiger partial charge in [-0.15, -0.1) is 0 Å². The Morgan fingerprint density at radius 3 is 2.91 bits per heavy atom. The number of carbonyl (C=O) groups is 2. The second kappa shape index (κ2) is 9.04. The highest BCUT2D eigenvalue weighted by Gasteiger charge is 2.36. The number of pyridine rings is 1. The van der Waals surface area contributed by atoms with Gasteiger partial charge in [0.2, 0.25) is 11.8 Å². The number of likely N-dealkylation sites (N-methyl/N-ethyl adjacent to an activating group) is 1. The number of likely N-dealkylation sites (tertiary alicyclic amines) is 1. The Balaban J connectivity index is 1.24. The van der Waals surface area contributed by atoms with Gasteiger partial charge in [-0.2, -0.15) is 0 Å². The maximum atomic E-state index is 12.7. The van der Waals surface area contributed by atoms with Crippen molar-refractivity contribution in [1.82, 2.24) is 14.8 Å². The first-order valence-corrected chi connectivity index (χ1v) is 11.5. The van der Waals surface area contributed by atoms with Crippen molar-refractivity contribution in [3.8, 4) is 0 Å². The molecule has 3 aromatic rings. The summed E-state index contributed by atoms with van der Waals surface area (Å²) in [4.78, 5) is 33.3. The summed E-state index contributed by atoms with van der Waals surface area (Å²) in [5.41, 5.74) is 3.61. The molecule has 2 amide bonds. The van der Waals surface area contributed by atoms with Crippen molar-refractivity contribution < 1.29 is 19.1 Å². The van der Waals surface area contributed by atoms with Crippen LogP contribution < -0.4 is 5.32 Å². The Hall–Kier alpha value is -3.49. The molecule has 4 heterocycles. The maximum Gasteiger partial charge on any atom is 0.246 e. The number of rotatable bonds is 5. The predicted octanol–water partition coefficient (Wildman–Crippen LogP) is 2.74. The first-order valence-electron chi connectivity index (χ1n) is 11.5. The van der Waals surface area contributed by atoms with Crippen molar-refractivity contribution >= 4 is 34.7 Å². The number of aromatic nitrogens is 1. The number of amides is 2. The topological polar surface area (TPSA) is 98.9 Å². The largest absolute Gasteiger partial charge is 0.459 e. The maximum absolute atomic E-state index is 12.7. The van der Waals surface area contributed by atoms with E-state index in [-0.39, 0.29) is 24.0 Å². The Bertz CT molecular complexity index is 1280. The molecule has 34 heavy (non-hydrogen) atoms. The van der Waals surface area contributed by atoms with Crippen LogP contribution in [0.5, 0.6) is 0 Å². The number of nitrogens with zero attached hydrogens (tertiary/aromatic N) is 3. The number of aliphatic hydroxyl groups excluding tert-OH is 1. The SMILES string of the molecule is Cc1c(CN(C)C(=O)C=Cc2cnc3c(c2)CCC(N2CC(O)C2)C(=O)N3)oc2ccccc12. The van der Waals surface area contributed by atoms with E-state index >= 15 is 0 Å². The molecule has 2 aliphatic heterocycles. The second-order valence-electron chi connectivity index (χ2n) is 9.10. The predicted molar refractivity (Wildman–Crippen MR) is 129 cm³/mol. The fourth-order valence-corrected chi connectivity index (χ4v) is 4.60. The van der Waals surface area contributed by atoms with E-state index in [1.165, 1.54) is 6.08 Å². The summed E-state index contributed by atoms with van der Waals surface area (Å²) in [6.45, 7) is 3.44. The molecule has 5 rings (SSSR count). The van der Waals surface area contributed by atoms with Crippen molar-refractivity contribution in [3.63, 3.8) is 0 Å². The van der Waals surface area contributed by atoms with Crippen LogP contribution >= 0.6 is 0 Å². The van der Waals surface area contributed by atoms with Gasteiger partial charge >= 0.3 is 0 Å². The zero-order valence-electron chi connectivity index (χ0n) is 19.3. The van der Waals surface area contributed by atoms with E-state index in [0.717, 1.165) is 33.4 Å². The third-order valence-electron chi connectivity index (χ3n) is 6.67. The van der Waals surface area contributed by atoms with E-state index in [1.807, 2.05) is 42.2 Å². The molecule has 8 nitrogen and oxygen atoms in total. The van der Waals surface area contributed by atoms with Crippen LogP contribution in [0.2, 0.25) is 0 Å². The highest BCUT2D eigenvalue weighted by Crippen LogP contribution is 2.27. The molecule has 0 radical (unpaired) electrons. The molecular weight excluding hydrogens is 432 g/mol. The van der Waals surface area contributed by atoms with Gasteiger partial charge in [-0.25, -0.2) is 4.98 Å². The number of hydrogen-bond donors (Lipinski definition) is 2. The van der Waals surface area contributed by atoms with E-state index in [1.54, 1.807) is 24.2 Å². The smallest absolute Gasteiger partial charge is 0.246 e. The first kappa shape index (κ1) is 22.3. The summed E-state index contributed by atoms with van der Waals surface area (Å²) in [7, 11) is 1.75. The number of hydrogen-bond acceptors (Lipinski definition) is 6. The molecule has 1 fully saturated rings. The molecule has 1 aromatic carbocycles. The number of aryl methyl sites for hydroxylation is 2. The van der Waals surface area contributed by atoms with Crippen LogP contribution in [0.1, 0.15) is 28.9 Å². The highest BCUT2D eigenvalue weighted by molar-refractivity contribution is 5.96. The monoisotopic (exact) mass is 460 g/mol. The van der Waals surface area contributed by atoms with E-state index in [2.05, 4.69) is 10.3 Å². The van der Waals surface area contributed by atoms with E-state index in [0.29, 0.717) is 38.3 Å². The first-order chi connectivity index (χ1) is 16.4. The van der Waals surface area contributed by atoms with Gasteiger partial charge in [0.1, 0.15) is 17.2 Å². The lowest BCUT2D eigenvalue weighted by Gasteiger charge is -2.40. The number of benzene rings is 1. The van der Waals surface area contributed by atoms with Crippen LogP contribution in [0.15, 0.2) is 47.0 Å². The molecule has 2 N–H and O–H groups in total. The standard InChI is InChI=1S/C26H28N4O4/c1-16-20-5-3-4-6-22(20)34-23(16)15-29(2)24(32)10-7-17-11-18-8-9-21(30-13-19(31)14-30)26(33)28-25(18)27-12-17/h3-7,10-12,19,21,31H,8-9,13-15H2,1-2H3,(H,27,28,33). The molecule has 8 heteroatoms. The average Bonchev–Trinajstić information content (AvgIpc) is 3.02. The fraction of sp³-hybridized carbons (Fsp3) is 0.346. The summed E-state index contributed by atoms with van der Waals surface area (Å²) in [6.07, 6.45) is 5.94. The Morgan fingerprint density at radius 2 is 2.15 bits per heavy atom. The van der Waals surface area contributed by atoms with E-state index in [4.69, 9.17) is 4.42 Å². The average molecular weight is 461 g/mol. The van der Waals surface area contributed by atoms with Crippen molar-refractivity contribution in [3.05, 3.63) is 65.1 Å². The normalized spacial score (nSPS) is 19.0. The number of fused-ring (bicyclic) bond motifs is 2. The Kier molecular flexibility index (Phi) is 5.93. The van der Waals surface area contributed by atoms with E-state index < -0.39 is 0 Å². The van der Waals surface area contributed by atoms with Gasteiger partial charge in [0, 0.05) is 43.4 Å². The van der Waals surface area contributed by atoms with Crippen molar-refractivity contribution in [1.29, 1.82) is 0 Å². The minimum Gasteiger partial charge on any atom is -0.459 e. The van der Waals surface area contributed by atoms with Gasteiger partial charge in [-0.3, -0.25) is 14.5 Å². The summed E-state index contributed by atoms with van der Waals surface area (Å²) < 4.78 is 5.93. The van der Waals surface area contributed by atoms with Gasteiger partial charge < -0.3 is 19.7 Å². The third kappa shape index (κ3) is 4.34. The zero-order chi connectivity index (χ0) is 23.8. The second-order valence-corrected chi connectivity index (χ2v) is 9.10. The molecule has 0 spiro atoms. The molecule has 2 aliphatic rings. The summed E-state index contributed by atoms with van der Waals surface area (Å²) in [5, 5.41) is 13.5. The van der Waals surface area contributed by atoms with Crippen LogP contribution in [-0.4, -0.2) is 64.0 Å². The molecule has 2 aromatic heterocycles. The Labute approximate surface area is 197 Å². The van der Waals surface area contributed by atoms with Crippen molar-refractivity contribution in [2.75, 3.05) is 25.5 Å². The number of β-amino-alcohol motifs (C(OH)–C–C–N with tert-alkyl or cyclic N) is 1. The molecule has 0 aliphatic carbocycles. The lowest BCUT2D eigenvalue weighted by molar-refractivity contribution is -0.126. The van der Waals surface area contributed by atoms with Gasteiger partial charge in [-0.1, -0.05) is 18.2 Å².